The topological polar surface area (TPSA) is 72.7 Å². The van der Waals surface area contributed by atoms with E-state index in [4.69, 9.17) is 0 Å². The molecule has 0 saturated carbocycles. The molecule has 0 spiro atoms. The molecule has 1 aromatic heterocycles. The Morgan fingerprint density at radius 3 is 2.70 bits per heavy atom. The Hall–Kier alpha value is -2.24. The molecule has 124 valence electrons. The Labute approximate surface area is 137 Å². The number of nitrogens with one attached hydrogen (secondary N) is 1. The van der Waals surface area contributed by atoms with Crippen LogP contribution in [0.4, 0.5) is 0 Å². The summed E-state index contributed by atoms with van der Waals surface area (Å²) in [5, 5.41) is 15.2. The highest BCUT2D eigenvalue weighted by molar-refractivity contribution is 5.75. The molecule has 1 atom stereocenters. The van der Waals surface area contributed by atoms with E-state index < -0.39 is 0 Å². The molecule has 1 amide bonds. The number of hydrogen-bond acceptors (Lipinski definition) is 4. The van der Waals surface area contributed by atoms with E-state index in [1.54, 1.807) is 0 Å². The van der Waals surface area contributed by atoms with Crippen molar-refractivity contribution < 1.29 is 4.79 Å². The monoisotopic (exact) mass is 315 g/mol. The van der Waals surface area contributed by atoms with Crippen LogP contribution in [0, 0.1) is 6.92 Å². The quantitative estimate of drug-likeness (QED) is 0.760. The van der Waals surface area contributed by atoms with Crippen molar-refractivity contribution in [1.29, 1.82) is 0 Å². The molecule has 0 aliphatic rings. The summed E-state index contributed by atoms with van der Waals surface area (Å²) >= 11 is 0. The number of nitrogens with zero attached hydrogens (tertiary/aromatic N) is 4. The van der Waals surface area contributed by atoms with Crippen molar-refractivity contribution in [2.75, 3.05) is 0 Å². The van der Waals surface area contributed by atoms with E-state index in [0.29, 0.717) is 5.82 Å². The van der Waals surface area contributed by atoms with Gasteiger partial charge in [0.05, 0.1) is 0 Å². The zero-order valence-electron chi connectivity index (χ0n) is 14.1. The fourth-order valence-electron chi connectivity index (χ4n) is 2.35. The summed E-state index contributed by atoms with van der Waals surface area (Å²) in [6.07, 6.45) is 4.52. The van der Waals surface area contributed by atoms with Crippen LogP contribution in [0.15, 0.2) is 24.3 Å². The van der Waals surface area contributed by atoms with E-state index in [2.05, 4.69) is 27.7 Å². The maximum Gasteiger partial charge on any atom is 0.243 e. The molecule has 0 unspecified atom stereocenters. The van der Waals surface area contributed by atoms with Crippen LogP contribution < -0.4 is 5.32 Å². The zero-order chi connectivity index (χ0) is 16.7. The van der Waals surface area contributed by atoms with E-state index in [-0.39, 0.29) is 18.5 Å². The van der Waals surface area contributed by atoms with Crippen molar-refractivity contribution in [3.8, 4) is 11.4 Å². The lowest BCUT2D eigenvalue weighted by molar-refractivity contribution is -0.122. The third kappa shape index (κ3) is 5.47. The van der Waals surface area contributed by atoms with Gasteiger partial charge in [-0.2, -0.15) is 4.80 Å². The fourth-order valence-corrected chi connectivity index (χ4v) is 2.35. The highest BCUT2D eigenvalue weighted by Crippen LogP contribution is 2.13. The predicted molar refractivity (Wildman–Crippen MR) is 89.7 cm³/mol. The third-order valence-electron chi connectivity index (χ3n) is 3.70. The molecular weight excluding hydrogens is 290 g/mol. The summed E-state index contributed by atoms with van der Waals surface area (Å²) in [4.78, 5) is 13.3. The maximum atomic E-state index is 12.0. The minimum atomic E-state index is -0.0816. The molecule has 0 fully saturated rings. The van der Waals surface area contributed by atoms with Gasteiger partial charge in [0.15, 0.2) is 0 Å². The molecule has 0 aliphatic carbocycles. The van der Waals surface area contributed by atoms with Crippen LogP contribution in [0.1, 0.15) is 45.1 Å². The first-order valence-corrected chi connectivity index (χ1v) is 8.22. The summed E-state index contributed by atoms with van der Waals surface area (Å²) in [5.41, 5.74) is 2.08. The summed E-state index contributed by atoms with van der Waals surface area (Å²) < 4.78 is 0. The van der Waals surface area contributed by atoms with Crippen molar-refractivity contribution in [3.63, 3.8) is 0 Å². The number of aromatic nitrogens is 4. The Kier molecular flexibility index (Phi) is 6.26. The number of tetrazole rings is 1. The molecule has 0 saturated heterocycles. The fraction of sp³-hybridized carbons (Fsp3) is 0.529. The second-order valence-electron chi connectivity index (χ2n) is 5.97. The van der Waals surface area contributed by atoms with Gasteiger partial charge in [-0.25, -0.2) is 0 Å². The molecule has 23 heavy (non-hydrogen) atoms. The lowest BCUT2D eigenvalue weighted by Gasteiger charge is -2.12. The summed E-state index contributed by atoms with van der Waals surface area (Å²) in [5.74, 6) is 0.454. The van der Waals surface area contributed by atoms with Crippen LogP contribution in [0.25, 0.3) is 11.4 Å². The molecule has 1 heterocycles. The number of amides is 1. The number of unbranched alkanes of at least 4 members (excludes halogenated alkanes) is 2. The minimum absolute atomic E-state index is 0.0816. The Balaban J connectivity index is 1.86. The first kappa shape index (κ1) is 17.1. The lowest BCUT2D eigenvalue weighted by Crippen LogP contribution is -2.35. The molecule has 2 aromatic rings. The highest BCUT2D eigenvalue weighted by Gasteiger charge is 2.11. The van der Waals surface area contributed by atoms with Gasteiger partial charge < -0.3 is 5.32 Å². The van der Waals surface area contributed by atoms with Gasteiger partial charge in [-0.1, -0.05) is 56.0 Å². The zero-order valence-corrected chi connectivity index (χ0v) is 14.1. The average Bonchev–Trinajstić information content (AvgIpc) is 2.96. The first-order valence-electron chi connectivity index (χ1n) is 8.22. The van der Waals surface area contributed by atoms with Crippen molar-refractivity contribution in [2.24, 2.45) is 0 Å². The molecule has 1 N–H and O–H groups in total. The standard InChI is InChI=1S/C17H25N5O/c1-4-5-6-7-14(3)18-16(23)12-22-20-17(19-21-22)15-10-8-13(2)9-11-15/h8-11,14H,4-7,12H2,1-3H3,(H,18,23)/t14-/m1/s1. The molecule has 6 nitrogen and oxygen atoms in total. The van der Waals surface area contributed by atoms with Gasteiger partial charge in [0.1, 0.15) is 6.54 Å². The van der Waals surface area contributed by atoms with E-state index in [0.717, 1.165) is 18.4 Å². The van der Waals surface area contributed by atoms with Crippen molar-refractivity contribution in [2.45, 2.75) is 59.0 Å². The first-order chi connectivity index (χ1) is 11.1. The van der Waals surface area contributed by atoms with Gasteiger partial charge in [-0.15, -0.1) is 10.2 Å². The smallest absolute Gasteiger partial charge is 0.243 e. The molecule has 2 rings (SSSR count). The molecule has 0 radical (unpaired) electrons. The van der Waals surface area contributed by atoms with Crippen LogP contribution in [-0.4, -0.2) is 32.2 Å². The summed E-state index contributed by atoms with van der Waals surface area (Å²) in [6, 6.07) is 8.08. The second kappa shape index (κ2) is 8.41. The SMILES string of the molecule is CCCCC[C@@H](C)NC(=O)Cn1nnc(-c2ccc(C)cc2)n1. The summed E-state index contributed by atoms with van der Waals surface area (Å²) in [6.45, 7) is 6.32. The van der Waals surface area contributed by atoms with Crippen LogP contribution in [0.2, 0.25) is 0 Å². The molecule has 1 aromatic carbocycles. The maximum absolute atomic E-state index is 12.0. The number of carbonyl (C=O) groups excluding carboxylic acids is 1. The van der Waals surface area contributed by atoms with Crippen LogP contribution in [0.3, 0.4) is 0 Å². The molecule has 0 aliphatic heterocycles. The van der Waals surface area contributed by atoms with Crippen molar-refractivity contribution in [1.82, 2.24) is 25.5 Å². The van der Waals surface area contributed by atoms with Gasteiger partial charge in [0.2, 0.25) is 11.7 Å². The number of aryl methyl sites for hydroxylation is 1. The van der Waals surface area contributed by atoms with Gasteiger partial charge in [-0.3, -0.25) is 4.79 Å². The van der Waals surface area contributed by atoms with E-state index in [1.807, 2.05) is 38.1 Å². The Morgan fingerprint density at radius 1 is 1.26 bits per heavy atom. The largest absolute Gasteiger partial charge is 0.352 e. The predicted octanol–water partition coefficient (Wildman–Crippen LogP) is 2.73. The third-order valence-corrected chi connectivity index (χ3v) is 3.70. The Morgan fingerprint density at radius 2 is 2.00 bits per heavy atom. The summed E-state index contributed by atoms with van der Waals surface area (Å²) in [7, 11) is 0. The lowest BCUT2D eigenvalue weighted by atomic mass is 10.1. The normalized spacial score (nSPS) is 12.1. The highest BCUT2D eigenvalue weighted by atomic mass is 16.2. The molecular formula is C17H25N5O. The molecule has 6 heteroatoms. The second-order valence-corrected chi connectivity index (χ2v) is 5.97. The number of benzene rings is 1. The van der Waals surface area contributed by atoms with Gasteiger partial charge in [-0.05, 0) is 25.5 Å². The minimum Gasteiger partial charge on any atom is -0.352 e. The van der Waals surface area contributed by atoms with Crippen LogP contribution in [0.5, 0.6) is 0 Å². The van der Waals surface area contributed by atoms with E-state index in [9.17, 15) is 4.79 Å². The number of rotatable bonds is 8. The van der Waals surface area contributed by atoms with Crippen LogP contribution >= 0.6 is 0 Å². The molecule has 0 bridgehead atoms. The van der Waals surface area contributed by atoms with Gasteiger partial charge in [0, 0.05) is 11.6 Å². The van der Waals surface area contributed by atoms with E-state index >= 15 is 0 Å². The average molecular weight is 315 g/mol. The number of hydrogen-bond donors (Lipinski definition) is 1. The van der Waals surface area contributed by atoms with Gasteiger partial charge in [0.25, 0.3) is 0 Å². The van der Waals surface area contributed by atoms with Crippen molar-refractivity contribution >= 4 is 5.91 Å². The van der Waals surface area contributed by atoms with Crippen LogP contribution in [-0.2, 0) is 11.3 Å². The Bertz CT molecular complexity index is 620. The van der Waals surface area contributed by atoms with Crippen molar-refractivity contribution in [3.05, 3.63) is 29.8 Å². The number of carbonyl (C=O) groups is 1. The van der Waals surface area contributed by atoms with E-state index in [1.165, 1.54) is 23.2 Å². The van der Waals surface area contributed by atoms with Gasteiger partial charge >= 0.3 is 0 Å².